The average molecular weight is 493 g/mol. The summed E-state index contributed by atoms with van der Waals surface area (Å²) in [5.41, 5.74) is 3.96. The van der Waals surface area contributed by atoms with Gasteiger partial charge in [0.05, 0.1) is 19.8 Å². The Labute approximate surface area is 210 Å². The number of carbonyl (C=O) groups excluding carboxylic acids is 1. The molecule has 3 aromatic rings. The van der Waals surface area contributed by atoms with E-state index < -0.39 is 5.97 Å². The third-order valence-electron chi connectivity index (χ3n) is 4.84. The third-order valence-corrected chi connectivity index (χ3v) is 5.04. The molecule has 1 heterocycles. The molecule has 2 aromatic carbocycles. The van der Waals surface area contributed by atoms with E-state index >= 15 is 0 Å². The van der Waals surface area contributed by atoms with Gasteiger partial charge < -0.3 is 20.1 Å². The number of rotatable bonds is 7. The molecule has 9 nitrogen and oxygen atoms in total. The van der Waals surface area contributed by atoms with Crippen molar-refractivity contribution in [1.29, 1.82) is 0 Å². The topological polar surface area (TPSA) is 110 Å². The number of thiocarbonyl (C=S) groups is 1. The summed E-state index contributed by atoms with van der Waals surface area (Å²) >= 11 is 5.47. The van der Waals surface area contributed by atoms with Crippen LogP contribution in [0.2, 0.25) is 0 Å². The number of methoxy groups -OCH3 is 2. The number of ether oxygens (including phenoxy) is 2. The molecule has 0 aliphatic carbocycles. The number of hydrogen-bond donors (Lipinski definition) is 3. The van der Waals surface area contributed by atoms with Crippen LogP contribution in [-0.2, 0) is 11.2 Å². The Bertz CT molecular complexity index is 1180. The first-order chi connectivity index (χ1) is 16.9. The highest BCUT2D eigenvalue weighted by molar-refractivity contribution is 7.80. The fourth-order valence-electron chi connectivity index (χ4n) is 3.16. The van der Waals surface area contributed by atoms with E-state index in [0.717, 1.165) is 29.1 Å². The lowest BCUT2D eigenvalue weighted by molar-refractivity contribution is 0.0601. The van der Waals surface area contributed by atoms with Crippen LogP contribution in [0.3, 0.4) is 0 Å². The molecule has 0 radical (unpaired) electrons. The Balaban J connectivity index is 1.70. The van der Waals surface area contributed by atoms with Gasteiger partial charge in [0, 0.05) is 23.6 Å². The predicted octanol–water partition coefficient (Wildman–Crippen LogP) is 3.89. The molecule has 35 heavy (non-hydrogen) atoms. The van der Waals surface area contributed by atoms with E-state index in [1.165, 1.54) is 7.11 Å². The number of nitrogens with zero attached hydrogens (tertiary/aromatic N) is 3. The first kappa shape index (κ1) is 25.6. The van der Waals surface area contributed by atoms with Gasteiger partial charge in [0.15, 0.2) is 5.11 Å². The molecule has 10 heteroatoms. The van der Waals surface area contributed by atoms with E-state index in [0.29, 0.717) is 34.8 Å². The largest absolute Gasteiger partial charge is 0.497 e. The van der Waals surface area contributed by atoms with E-state index in [-0.39, 0.29) is 0 Å². The second-order valence-electron chi connectivity index (χ2n) is 7.58. The van der Waals surface area contributed by atoms with Crippen molar-refractivity contribution >= 4 is 40.9 Å². The lowest BCUT2D eigenvalue weighted by Crippen LogP contribution is -2.39. The molecule has 0 bridgehead atoms. The molecule has 0 saturated heterocycles. The summed E-state index contributed by atoms with van der Waals surface area (Å²) in [6.45, 7) is 4.30. The molecular weight excluding hydrogens is 464 g/mol. The van der Waals surface area contributed by atoms with Crippen LogP contribution in [0.4, 0.5) is 11.6 Å². The molecule has 0 amide bonds. The number of aliphatic imine (C=N–C) groups is 1. The second-order valence-corrected chi connectivity index (χ2v) is 7.98. The molecule has 0 fully saturated rings. The zero-order valence-electron chi connectivity index (χ0n) is 20.1. The SMILES string of the molecule is COC(=O)c1ccc(NC(=S)NC(=NCCc2ccc(OC)cc2)Nc2nc(C)cc(C)n2)cc1. The van der Waals surface area contributed by atoms with Crippen molar-refractivity contribution in [3.8, 4) is 5.75 Å². The van der Waals surface area contributed by atoms with Crippen LogP contribution in [0.25, 0.3) is 0 Å². The zero-order valence-corrected chi connectivity index (χ0v) is 20.9. The summed E-state index contributed by atoms with van der Waals surface area (Å²) in [6.07, 6.45) is 0.722. The maximum Gasteiger partial charge on any atom is 0.337 e. The molecular formula is C25H28N6O3S. The van der Waals surface area contributed by atoms with Crippen molar-refractivity contribution in [3.63, 3.8) is 0 Å². The molecule has 182 valence electrons. The lowest BCUT2D eigenvalue weighted by atomic mass is 10.1. The Hall–Kier alpha value is -4.05. The first-order valence-corrected chi connectivity index (χ1v) is 11.3. The molecule has 3 N–H and O–H groups in total. The van der Waals surface area contributed by atoms with E-state index in [4.69, 9.17) is 21.7 Å². The van der Waals surface area contributed by atoms with Crippen LogP contribution in [-0.4, -0.2) is 47.8 Å². The highest BCUT2D eigenvalue weighted by atomic mass is 32.1. The predicted molar refractivity (Wildman–Crippen MR) is 141 cm³/mol. The maximum absolute atomic E-state index is 11.6. The van der Waals surface area contributed by atoms with Crippen LogP contribution in [0, 0.1) is 13.8 Å². The van der Waals surface area contributed by atoms with Crippen molar-refractivity contribution in [2.24, 2.45) is 4.99 Å². The Kier molecular flexibility index (Phi) is 9.08. The van der Waals surface area contributed by atoms with Crippen molar-refractivity contribution in [3.05, 3.63) is 77.1 Å². The summed E-state index contributed by atoms with van der Waals surface area (Å²) in [6, 6.07) is 16.5. The minimum absolute atomic E-state index is 0.316. The van der Waals surface area contributed by atoms with E-state index in [2.05, 4.69) is 30.9 Å². The van der Waals surface area contributed by atoms with Gasteiger partial charge in [-0.3, -0.25) is 10.3 Å². The second kappa shape index (κ2) is 12.4. The highest BCUT2D eigenvalue weighted by Crippen LogP contribution is 2.12. The van der Waals surface area contributed by atoms with E-state index in [1.807, 2.05) is 44.2 Å². The minimum Gasteiger partial charge on any atom is -0.497 e. The minimum atomic E-state index is -0.402. The van der Waals surface area contributed by atoms with Crippen molar-refractivity contribution in [2.45, 2.75) is 20.3 Å². The number of nitrogens with one attached hydrogen (secondary N) is 3. The molecule has 0 atom stereocenters. The van der Waals surface area contributed by atoms with Crippen LogP contribution in [0.15, 0.2) is 59.6 Å². The zero-order chi connectivity index (χ0) is 25.2. The normalized spacial score (nSPS) is 10.9. The van der Waals surface area contributed by atoms with E-state index in [9.17, 15) is 4.79 Å². The van der Waals surface area contributed by atoms with Gasteiger partial charge in [-0.1, -0.05) is 12.1 Å². The molecule has 1 aromatic heterocycles. The van der Waals surface area contributed by atoms with Gasteiger partial charge in [-0.25, -0.2) is 14.8 Å². The monoisotopic (exact) mass is 492 g/mol. The molecule has 0 spiro atoms. The summed E-state index contributed by atoms with van der Waals surface area (Å²) in [5.74, 6) is 1.24. The summed E-state index contributed by atoms with van der Waals surface area (Å²) < 4.78 is 9.93. The van der Waals surface area contributed by atoms with Crippen LogP contribution < -0.4 is 20.7 Å². The van der Waals surface area contributed by atoms with Crippen molar-refractivity contribution in [2.75, 3.05) is 31.4 Å². The maximum atomic E-state index is 11.6. The number of hydrogen-bond acceptors (Lipinski definition) is 7. The number of esters is 1. The molecule has 0 unspecified atom stereocenters. The van der Waals surface area contributed by atoms with Gasteiger partial charge in [-0.05, 0) is 80.5 Å². The number of guanidine groups is 1. The quantitative estimate of drug-likeness (QED) is 0.196. The molecule has 0 saturated carbocycles. The van der Waals surface area contributed by atoms with Crippen LogP contribution >= 0.6 is 12.2 Å². The number of anilines is 2. The lowest BCUT2D eigenvalue weighted by Gasteiger charge is -2.14. The van der Waals surface area contributed by atoms with Crippen molar-refractivity contribution < 1.29 is 14.3 Å². The number of benzene rings is 2. The summed E-state index contributed by atoms with van der Waals surface area (Å²) in [4.78, 5) is 25.1. The Morgan fingerprint density at radius 2 is 1.63 bits per heavy atom. The Morgan fingerprint density at radius 3 is 2.23 bits per heavy atom. The van der Waals surface area contributed by atoms with Gasteiger partial charge in [-0.2, -0.15) is 0 Å². The highest BCUT2D eigenvalue weighted by Gasteiger charge is 2.09. The third kappa shape index (κ3) is 8.04. The van der Waals surface area contributed by atoms with Crippen LogP contribution in [0.5, 0.6) is 5.75 Å². The molecule has 0 aliphatic heterocycles. The van der Waals surface area contributed by atoms with Gasteiger partial charge >= 0.3 is 5.97 Å². The van der Waals surface area contributed by atoms with Gasteiger partial charge in [0.25, 0.3) is 0 Å². The fraction of sp³-hybridized carbons (Fsp3) is 0.240. The van der Waals surface area contributed by atoms with Gasteiger partial charge in [0.2, 0.25) is 11.9 Å². The Morgan fingerprint density at radius 1 is 0.971 bits per heavy atom. The van der Waals surface area contributed by atoms with E-state index in [1.54, 1.807) is 31.4 Å². The number of aryl methyl sites for hydroxylation is 2. The van der Waals surface area contributed by atoms with Crippen molar-refractivity contribution in [1.82, 2.24) is 15.3 Å². The molecule has 0 aliphatic rings. The summed E-state index contributed by atoms with van der Waals surface area (Å²) in [7, 11) is 2.98. The smallest absolute Gasteiger partial charge is 0.337 e. The van der Waals surface area contributed by atoms with Gasteiger partial charge in [0.1, 0.15) is 5.75 Å². The summed E-state index contributed by atoms with van der Waals surface area (Å²) in [5, 5.41) is 9.59. The first-order valence-electron chi connectivity index (χ1n) is 10.9. The number of carbonyl (C=O) groups is 1. The fourth-order valence-corrected chi connectivity index (χ4v) is 3.38. The van der Waals surface area contributed by atoms with Crippen LogP contribution in [0.1, 0.15) is 27.3 Å². The van der Waals surface area contributed by atoms with Gasteiger partial charge in [-0.15, -0.1) is 0 Å². The number of aromatic nitrogens is 2. The molecule has 3 rings (SSSR count). The standard InChI is InChI=1S/C25H28N6O3S/c1-16-15-17(2)28-24(27-16)30-23(26-14-13-18-5-11-21(33-3)12-6-18)31-25(35)29-20-9-7-19(8-10-20)22(32)34-4/h5-12,15H,13-14H2,1-4H3,(H3,26,27,28,29,30,31,35). The average Bonchev–Trinajstić information content (AvgIpc) is 2.83.